The van der Waals surface area contributed by atoms with Crippen LogP contribution in [0.3, 0.4) is 0 Å². The molecule has 1 heterocycles. The lowest BCUT2D eigenvalue weighted by Crippen LogP contribution is -2.30. The summed E-state index contributed by atoms with van der Waals surface area (Å²) in [6.45, 7) is 10.8. The number of carbonyl (C=O) groups is 2. The van der Waals surface area contributed by atoms with E-state index >= 15 is 0 Å². The lowest BCUT2D eigenvalue weighted by Gasteiger charge is -2.26. The van der Waals surface area contributed by atoms with Gasteiger partial charge in [0.2, 0.25) is 0 Å². The number of methoxy groups -OCH3 is 1. The molecule has 0 aliphatic carbocycles. The molecule has 0 spiro atoms. The number of amides is 1. The quantitative estimate of drug-likeness (QED) is 0.368. The van der Waals surface area contributed by atoms with Crippen molar-refractivity contribution in [1.82, 2.24) is 4.90 Å². The molecule has 1 saturated heterocycles. The van der Waals surface area contributed by atoms with E-state index < -0.39 is 17.7 Å². The molecule has 1 fully saturated rings. The van der Waals surface area contributed by atoms with E-state index in [1.165, 1.54) is 0 Å². The summed E-state index contributed by atoms with van der Waals surface area (Å²) in [5.74, 6) is -0.682. The van der Waals surface area contributed by atoms with Crippen molar-refractivity contribution in [3.8, 4) is 5.75 Å². The van der Waals surface area contributed by atoms with Crippen LogP contribution in [0.2, 0.25) is 0 Å². The van der Waals surface area contributed by atoms with Crippen molar-refractivity contribution in [2.75, 3.05) is 13.7 Å². The number of Topliss-reactive ketones (excluding diaryl/α,β-unsaturated/α-hetero) is 1. The number of aryl methyl sites for hydroxylation is 1. The Morgan fingerprint density at radius 3 is 2.28 bits per heavy atom. The van der Waals surface area contributed by atoms with Crippen molar-refractivity contribution in [3.63, 3.8) is 0 Å². The Kier molecular flexibility index (Phi) is 6.77. The van der Waals surface area contributed by atoms with Crippen LogP contribution in [0.5, 0.6) is 5.75 Å². The van der Waals surface area contributed by atoms with Crippen LogP contribution in [0.15, 0.2) is 48.0 Å². The van der Waals surface area contributed by atoms with E-state index in [0.29, 0.717) is 17.9 Å². The Morgan fingerprint density at radius 1 is 1.09 bits per heavy atom. The Bertz CT molecular complexity index is 1040. The van der Waals surface area contributed by atoms with Crippen molar-refractivity contribution in [1.29, 1.82) is 0 Å². The van der Waals surface area contributed by atoms with Crippen LogP contribution in [0.4, 0.5) is 0 Å². The number of ketones is 1. The molecule has 170 valence electrons. The van der Waals surface area contributed by atoms with Gasteiger partial charge in [-0.05, 0) is 53.6 Å². The molecule has 5 heteroatoms. The number of carbonyl (C=O) groups excluding carboxylic acids is 2. The second kappa shape index (κ2) is 9.19. The third kappa shape index (κ3) is 4.43. The molecule has 2 aromatic carbocycles. The first-order valence-electron chi connectivity index (χ1n) is 11.1. The molecule has 1 N–H and O–H groups in total. The minimum atomic E-state index is -0.640. The standard InChI is InChI=1S/C27H33NO4/c1-7-8-15-28-23(18-9-11-19(12-10-18)27(3,4)5)22(25(30)26(28)31)24(29)21-14-13-20(32-6)16-17(21)2/h9-14,16,23,29H,7-8,15H2,1-6H3/b24-22-. The van der Waals surface area contributed by atoms with Gasteiger partial charge in [0.1, 0.15) is 11.5 Å². The maximum absolute atomic E-state index is 13.1. The zero-order valence-corrected chi connectivity index (χ0v) is 19.9. The number of rotatable bonds is 6. The summed E-state index contributed by atoms with van der Waals surface area (Å²) >= 11 is 0. The molecular weight excluding hydrogens is 402 g/mol. The fourth-order valence-corrected chi connectivity index (χ4v) is 4.12. The van der Waals surface area contributed by atoms with Crippen molar-refractivity contribution >= 4 is 17.4 Å². The van der Waals surface area contributed by atoms with E-state index in [2.05, 4.69) is 20.8 Å². The highest BCUT2D eigenvalue weighted by molar-refractivity contribution is 6.46. The largest absolute Gasteiger partial charge is 0.507 e. The van der Waals surface area contributed by atoms with Crippen LogP contribution in [0, 0.1) is 6.92 Å². The zero-order chi connectivity index (χ0) is 23.6. The van der Waals surface area contributed by atoms with E-state index in [-0.39, 0.29) is 16.7 Å². The van der Waals surface area contributed by atoms with Crippen molar-refractivity contribution in [2.45, 2.75) is 58.9 Å². The van der Waals surface area contributed by atoms with Gasteiger partial charge in [-0.1, -0.05) is 58.4 Å². The molecule has 5 nitrogen and oxygen atoms in total. The smallest absolute Gasteiger partial charge is 0.295 e. The number of nitrogens with zero attached hydrogens (tertiary/aromatic N) is 1. The number of ether oxygens (including phenoxy) is 1. The first-order valence-corrected chi connectivity index (χ1v) is 11.1. The van der Waals surface area contributed by atoms with Crippen molar-refractivity contribution in [3.05, 3.63) is 70.3 Å². The molecule has 1 aliphatic rings. The molecule has 32 heavy (non-hydrogen) atoms. The summed E-state index contributed by atoms with van der Waals surface area (Å²) in [7, 11) is 1.58. The van der Waals surface area contributed by atoms with Gasteiger partial charge >= 0.3 is 0 Å². The molecule has 0 saturated carbocycles. The fourth-order valence-electron chi connectivity index (χ4n) is 4.12. The third-order valence-electron chi connectivity index (χ3n) is 6.07. The number of hydrogen-bond acceptors (Lipinski definition) is 4. The van der Waals surface area contributed by atoms with Crippen molar-refractivity contribution in [2.24, 2.45) is 0 Å². The highest BCUT2D eigenvalue weighted by atomic mass is 16.5. The first kappa shape index (κ1) is 23.6. The maximum atomic E-state index is 13.1. The molecule has 0 aromatic heterocycles. The summed E-state index contributed by atoms with van der Waals surface area (Å²) in [4.78, 5) is 27.7. The number of hydrogen-bond donors (Lipinski definition) is 1. The normalized spacial score (nSPS) is 18.3. The Morgan fingerprint density at radius 2 is 1.75 bits per heavy atom. The van der Waals surface area contributed by atoms with Crippen LogP contribution in [-0.4, -0.2) is 35.4 Å². The Labute approximate surface area is 190 Å². The number of benzene rings is 2. The Hall–Kier alpha value is -3.08. The molecule has 1 amide bonds. The SMILES string of the molecule is CCCCN1C(=O)C(=O)/C(=C(\O)c2ccc(OC)cc2C)C1c1ccc(C(C)(C)C)cc1. The molecule has 1 atom stereocenters. The summed E-state index contributed by atoms with van der Waals surface area (Å²) < 4.78 is 5.26. The molecule has 1 unspecified atom stereocenters. The monoisotopic (exact) mass is 435 g/mol. The average molecular weight is 436 g/mol. The van der Waals surface area contributed by atoms with Crippen LogP contribution in [-0.2, 0) is 15.0 Å². The van der Waals surface area contributed by atoms with Crippen molar-refractivity contribution < 1.29 is 19.4 Å². The zero-order valence-electron chi connectivity index (χ0n) is 19.9. The predicted octanol–water partition coefficient (Wildman–Crippen LogP) is 5.52. The number of unbranched alkanes of at least 4 members (excludes halogenated alkanes) is 1. The van der Waals surface area contributed by atoms with Gasteiger partial charge in [-0.25, -0.2) is 0 Å². The minimum Gasteiger partial charge on any atom is -0.507 e. The Balaban J connectivity index is 2.16. The summed E-state index contributed by atoms with van der Waals surface area (Å²) in [5, 5.41) is 11.3. The lowest BCUT2D eigenvalue weighted by atomic mass is 9.85. The number of aliphatic hydroxyl groups excluding tert-OH is 1. The van der Waals surface area contributed by atoms with Gasteiger partial charge in [0.25, 0.3) is 11.7 Å². The highest BCUT2D eigenvalue weighted by Crippen LogP contribution is 2.40. The summed E-state index contributed by atoms with van der Waals surface area (Å²) in [6, 6.07) is 12.6. The second-order valence-corrected chi connectivity index (χ2v) is 9.40. The predicted molar refractivity (Wildman–Crippen MR) is 127 cm³/mol. The fraction of sp³-hybridized carbons (Fsp3) is 0.407. The van der Waals surface area contributed by atoms with Crippen LogP contribution in [0.1, 0.15) is 68.8 Å². The van der Waals surface area contributed by atoms with Gasteiger partial charge in [0.05, 0.1) is 18.7 Å². The molecule has 2 aromatic rings. The van der Waals surface area contributed by atoms with Gasteiger partial charge in [0.15, 0.2) is 0 Å². The van der Waals surface area contributed by atoms with E-state index in [9.17, 15) is 14.7 Å². The van der Waals surface area contributed by atoms with E-state index in [4.69, 9.17) is 4.74 Å². The highest BCUT2D eigenvalue weighted by Gasteiger charge is 2.45. The molecular formula is C27H33NO4. The van der Waals surface area contributed by atoms with Crippen LogP contribution in [0.25, 0.3) is 5.76 Å². The summed E-state index contributed by atoms with van der Waals surface area (Å²) in [6.07, 6.45) is 1.68. The first-order chi connectivity index (χ1) is 15.1. The van der Waals surface area contributed by atoms with Gasteiger partial charge in [-0.15, -0.1) is 0 Å². The van der Waals surface area contributed by atoms with E-state index in [1.54, 1.807) is 30.2 Å². The number of aliphatic hydroxyl groups is 1. The van der Waals surface area contributed by atoms with Crippen LogP contribution >= 0.6 is 0 Å². The lowest BCUT2D eigenvalue weighted by molar-refractivity contribution is -0.139. The summed E-state index contributed by atoms with van der Waals surface area (Å²) in [5.41, 5.74) is 3.41. The topological polar surface area (TPSA) is 66.8 Å². The third-order valence-corrected chi connectivity index (χ3v) is 6.07. The number of likely N-dealkylation sites (tertiary alicyclic amines) is 1. The second-order valence-electron chi connectivity index (χ2n) is 9.40. The van der Waals surface area contributed by atoms with Gasteiger partial charge in [-0.2, -0.15) is 0 Å². The van der Waals surface area contributed by atoms with Gasteiger partial charge < -0.3 is 14.7 Å². The van der Waals surface area contributed by atoms with Gasteiger partial charge in [-0.3, -0.25) is 9.59 Å². The molecule has 0 bridgehead atoms. The molecule has 1 aliphatic heterocycles. The average Bonchev–Trinajstić information content (AvgIpc) is 3.01. The van der Waals surface area contributed by atoms with E-state index in [1.807, 2.05) is 38.1 Å². The molecule has 0 radical (unpaired) electrons. The molecule has 3 rings (SSSR count). The maximum Gasteiger partial charge on any atom is 0.295 e. The van der Waals surface area contributed by atoms with Crippen LogP contribution < -0.4 is 4.74 Å². The van der Waals surface area contributed by atoms with Gasteiger partial charge in [0, 0.05) is 12.1 Å². The minimum absolute atomic E-state index is 0.0112. The van der Waals surface area contributed by atoms with E-state index in [0.717, 1.165) is 29.5 Å².